The van der Waals surface area contributed by atoms with E-state index in [-0.39, 0.29) is 12.2 Å². The molecule has 0 radical (unpaired) electrons. The van der Waals surface area contributed by atoms with Crippen molar-refractivity contribution < 1.29 is 24.6 Å². The lowest BCUT2D eigenvalue weighted by atomic mass is 9.82. The zero-order chi connectivity index (χ0) is 35.0. The topological polar surface area (TPSA) is 215 Å². The molecule has 0 amide bonds. The van der Waals surface area contributed by atoms with Crippen molar-refractivity contribution in [2.24, 2.45) is 0 Å². The molecule has 6 heterocycles. The second-order valence-corrected chi connectivity index (χ2v) is 9.34. The summed E-state index contributed by atoms with van der Waals surface area (Å²) in [7, 11) is 1.62. The lowest BCUT2D eigenvalue weighted by Gasteiger charge is -2.00. The molecule has 0 atom stereocenters. The normalized spacial score (nSPS) is 9.31. The van der Waals surface area contributed by atoms with Gasteiger partial charge in [-0.15, -0.1) is 0 Å². The van der Waals surface area contributed by atoms with Crippen LogP contribution in [-0.4, -0.2) is 88.0 Å². The van der Waals surface area contributed by atoms with Gasteiger partial charge in [0.25, 0.3) is 0 Å². The fraction of sp³-hybridized carbons (Fsp3) is 0.129. The number of aliphatic hydroxyl groups excluding tert-OH is 1. The number of hydrogen-bond acceptors (Lipinski definition) is 14. The Kier molecular flexibility index (Phi) is 18.5. The molecule has 17 heteroatoms. The van der Waals surface area contributed by atoms with Crippen molar-refractivity contribution in [2.45, 2.75) is 6.92 Å². The van der Waals surface area contributed by atoms with Crippen molar-refractivity contribution in [3.05, 3.63) is 125 Å². The van der Waals surface area contributed by atoms with Gasteiger partial charge < -0.3 is 29.6 Å². The zero-order valence-electron chi connectivity index (χ0n) is 26.2. The lowest BCUT2D eigenvalue weighted by molar-refractivity contribution is 0.318. The second kappa shape index (κ2) is 22.9. The lowest BCUT2D eigenvalue weighted by Crippen LogP contribution is -2.29. The Hall–Kier alpha value is -5.49. The molecule has 0 aliphatic carbocycles. The van der Waals surface area contributed by atoms with Crippen LogP contribution in [0.1, 0.15) is 6.92 Å². The van der Waals surface area contributed by atoms with E-state index in [1.165, 1.54) is 25.4 Å². The van der Waals surface area contributed by atoms with Crippen molar-refractivity contribution in [3.8, 4) is 34.5 Å². The third-order valence-electron chi connectivity index (χ3n) is 5.18. The van der Waals surface area contributed by atoms with E-state index < -0.39 is 7.12 Å². The summed E-state index contributed by atoms with van der Waals surface area (Å²) in [5.74, 6) is 2.32. The zero-order valence-corrected chi connectivity index (χ0v) is 27.8. The van der Waals surface area contributed by atoms with Gasteiger partial charge in [0.05, 0.1) is 20.4 Å². The second-order valence-electron chi connectivity index (χ2n) is 8.53. The first kappa shape index (κ1) is 38.7. The Morgan fingerprint density at radius 2 is 1.25 bits per heavy atom. The van der Waals surface area contributed by atoms with Gasteiger partial charge in [-0.3, -0.25) is 9.78 Å². The third-order valence-corrected chi connectivity index (χ3v) is 5.59. The summed E-state index contributed by atoms with van der Waals surface area (Å²) in [5.41, 5.74) is 1.91. The number of methoxy groups -OCH3 is 2. The number of H-pyrrole nitrogens is 1. The van der Waals surface area contributed by atoms with E-state index in [2.05, 4.69) is 60.8 Å². The van der Waals surface area contributed by atoms with Gasteiger partial charge in [0.15, 0.2) is 11.6 Å². The van der Waals surface area contributed by atoms with Gasteiger partial charge in [0, 0.05) is 91.1 Å². The number of pyridine rings is 3. The number of aliphatic hydroxyl groups is 1. The molecule has 4 N–H and O–H groups in total. The van der Waals surface area contributed by atoms with E-state index in [1.54, 1.807) is 100 Å². The van der Waals surface area contributed by atoms with Crippen molar-refractivity contribution >= 4 is 28.5 Å². The fourth-order valence-corrected chi connectivity index (χ4v) is 3.26. The summed E-state index contributed by atoms with van der Waals surface area (Å²) in [5, 5.41) is 24.9. The first-order chi connectivity index (χ1) is 23.3. The number of aromatic nitrogens is 9. The molecule has 6 aromatic rings. The molecule has 6 rings (SSSR count). The van der Waals surface area contributed by atoms with Crippen LogP contribution in [0.2, 0.25) is 0 Å². The van der Waals surface area contributed by atoms with Crippen LogP contribution >= 0.6 is 15.9 Å². The minimum atomic E-state index is -1.46. The largest absolute Gasteiger partial charge is 0.490 e. The predicted molar refractivity (Wildman–Crippen MR) is 183 cm³/mol. The van der Waals surface area contributed by atoms with Gasteiger partial charge in [0.1, 0.15) is 4.60 Å². The van der Waals surface area contributed by atoms with Crippen LogP contribution in [0.3, 0.4) is 0 Å². The summed E-state index contributed by atoms with van der Waals surface area (Å²) >= 11 is 3.14. The Balaban J connectivity index is 0.000000221. The molecule has 248 valence electrons. The Bertz CT molecular complexity index is 1720. The predicted octanol–water partition coefficient (Wildman–Crippen LogP) is 2.39. The number of aromatic amines is 1. The quantitative estimate of drug-likeness (QED) is 0.189. The molecule has 0 aliphatic rings. The molecule has 0 unspecified atom stereocenters. The molecule has 0 aromatic carbocycles. The maximum Gasteiger partial charge on any atom is 0.490 e. The Morgan fingerprint density at radius 3 is 1.62 bits per heavy atom. The maximum absolute atomic E-state index is 10.8. The molecule has 48 heavy (non-hydrogen) atoms. The molecule has 6 aromatic heterocycles. The average molecular weight is 718 g/mol. The van der Waals surface area contributed by atoms with Crippen molar-refractivity contribution in [3.63, 3.8) is 0 Å². The molecule has 0 bridgehead atoms. The first-order valence-corrected chi connectivity index (χ1v) is 14.7. The SMILES string of the molecule is Brc1cnccn1.CCO.COc1ccc(-c2ncccn2)cn1.COc1ccc(B(O)O)cn1.O=c1ccc(-c2ncccn2)c[nH]1. The maximum atomic E-state index is 10.8. The van der Waals surface area contributed by atoms with E-state index in [9.17, 15) is 4.79 Å². The number of nitrogens with one attached hydrogen (secondary N) is 1. The van der Waals surface area contributed by atoms with Gasteiger partial charge in [0.2, 0.25) is 17.3 Å². The van der Waals surface area contributed by atoms with Crippen LogP contribution in [0.5, 0.6) is 11.8 Å². The molecule has 0 fully saturated rings. The highest BCUT2D eigenvalue weighted by Gasteiger charge is 2.10. The van der Waals surface area contributed by atoms with Crippen LogP contribution in [0, 0.1) is 0 Å². The summed E-state index contributed by atoms with van der Waals surface area (Å²) < 4.78 is 10.5. The Labute approximate surface area is 285 Å². The molecular formula is C31H33BBrN9O6. The van der Waals surface area contributed by atoms with E-state index in [4.69, 9.17) is 24.6 Å². The first-order valence-electron chi connectivity index (χ1n) is 13.9. The Morgan fingerprint density at radius 1 is 0.708 bits per heavy atom. The number of halogens is 1. The van der Waals surface area contributed by atoms with Crippen molar-refractivity contribution in [1.82, 2.24) is 44.9 Å². The number of ether oxygens (including phenoxy) is 2. The average Bonchev–Trinajstić information content (AvgIpc) is 3.14. The van der Waals surface area contributed by atoms with Gasteiger partial charge in [-0.1, -0.05) is 6.07 Å². The number of nitrogens with zero attached hydrogens (tertiary/aromatic N) is 8. The van der Waals surface area contributed by atoms with Crippen LogP contribution in [-0.2, 0) is 0 Å². The van der Waals surface area contributed by atoms with Gasteiger partial charge in [-0.05, 0) is 53.2 Å². The van der Waals surface area contributed by atoms with E-state index in [0.717, 1.165) is 15.7 Å². The molecule has 0 spiro atoms. The van der Waals surface area contributed by atoms with E-state index >= 15 is 0 Å². The molecule has 0 saturated heterocycles. The summed E-state index contributed by atoms with van der Waals surface area (Å²) in [6.45, 7) is 1.93. The minimum Gasteiger partial charge on any atom is -0.481 e. The highest BCUT2D eigenvalue weighted by Crippen LogP contribution is 2.15. The molecule has 15 nitrogen and oxygen atoms in total. The molecule has 0 aliphatic heterocycles. The minimum absolute atomic E-state index is 0.125. The van der Waals surface area contributed by atoms with Gasteiger partial charge >= 0.3 is 7.12 Å². The van der Waals surface area contributed by atoms with Crippen LogP contribution in [0.15, 0.2) is 120 Å². The summed E-state index contributed by atoms with van der Waals surface area (Å²) in [6, 6.07) is 13.4. The summed E-state index contributed by atoms with van der Waals surface area (Å²) in [6.07, 6.45) is 16.3. The highest BCUT2D eigenvalue weighted by molar-refractivity contribution is 9.10. The number of rotatable bonds is 5. The standard InChI is InChI=1S/C10H9N3O.C9H7N3O.C6H8BNO3.C4H3BrN2.C2H6O/c1-14-9-4-3-8(7-13-9)10-11-5-2-6-12-10;13-8-3-2-7(6-12-8)9-10-4-1-5-11-9;1-11-6-3-2-5(4-8-6)7(9)10;5-4-3-6-1-2-7-4;1-2-3/h2-7H,1H3;1-6H,(H,12,13);2-4,9-10H,1H3;1-3H;3H,2H2,1H3. The van der Waals surface area contributed by atoms with Gasteiger partial charge in [-0.25, -0.2) is 34.9 Å². The fourth-order valence-electron chi connectivity index (χ4n) is 3.03. The molecular weight excluding hydrogens is 685 g/mol. The molecule has 0 saturated carbocycles. The highest BCUT2D eigenvalue weighted by atomic mass is 79.9. The van der Waals surface area contributed by atoms with Gasteiger partial charge in [-0.2, -0.15) is 0 Å². The number of hydrogen-bond donors (Lipinski definition) is 4. The third kappa shape index (κ3) is 15.2. The van der Waals surface area contributed by atoms with Crippen molar-refractivity contribution in [2.75, 3.05) is 20.8 Å². The van der Waals surface area contributed by atoms with Crippen LogP contribution < -0.4 is 20.5 Å². The monoisotopic (exact) mass is 717 g/mol. The van der Waals surface area contributed by atoms with Crippen molar-refractivity contribution in [1.29, 1.82) is 0 Å². The smallest absolute Gasteiger partial charge is 0.481 e. The summed E-state index contributed by atoms with van der Waals surface area (Å²) in [4.78, 5) is 45.1. The van der Waals surface area contributed by atoms with Crippen LogP contribution in [0.25, 0.3) is 22.8 Å². The van der Waals surface area contributed by atoms with Crippen LogP contribution in [0.4, 0.5) is 0 Å². The van der Waals surface area contributed by atoms with E-state index in [0.29, 0.717) is 28.9 Å². The van der Waals surface area contributed by atoms with E-state index in [1.807, 2.05) is 6.07 Å².